The molecular weight excluding hydrogens is 194 g/mol. The molecule has 0 radical (unpaired) electrons. The van der Waals surface area contributed by atoms with Crippen LogP contribution >= 0.6 is 0 Å². The highest BCUT2D eigenvalue weighted by Gasteiger charge is 2.40. The van der Waals surface area contributed by atoms with Crippen molar-refractivity contribution in [2.45, 2.75) is 58.9 Å². The van der Waals surface area contributed by atoms with Gasteiger partial charge in [0, 0.05) is 6.04 Å². The molecule has 0 spiro atoms. The van der Waals surface area contributed by atoms with Crippen LogP contribution in [-0.2, 0) is 0 Å². The van der Waals surface area contributed by atoms with Crippen molar-refractivity contribution in [3.8, 4) is 0 Å². The Bertz CT molecular complexity index is 223. The molecular formula is C15H29N. The second-order valence-electron chi connectivity index (χ2n) is 6.67. The van der Waals surface area contributed by atoms with E-state index in [1.54, 1.807) is 6.42 Å². The third-order valence-electron chi connectivity index (χ3n) is 5.50. The van der Waals surface area contributed by atoms with Crippen molar-refractivity contribution in [3.63, 3.8) is 0 Å². The summed E-state index contributed by atoms with van der Waals surface area (Å²) in [6, 6.07) is 0.740. The molecule has 0 aromatic heterocycles. The zero-order valence-electron chi connectivity index (χ0n) is 11.5. The minimum atomic E-state index is 0.740. The lowest BCUT2D eigenvalue weighted by molar-refractivity contribution is 0.222. The van der Waals surface area contributed by atoms with Gasteiger partial charge >= 0.3 is 0 Å². The number of rotatable bonds is 5. The van der Waals surface area contributed by atoms with Gasteiger partial charge < -0.3 is 5.32 Å². The molecule has 2 aliphatic carbocycles. The molecule has 94 valence electrons. The van der Waals surface area contributed by atoms with Crippen LogP contribution in [0, 0.1) is 29.6 Å². The summed E-state index contributed by atoms with van der Waals surface area (Å²) in [4.78, 5) is 0. The monoisotopic (exact) mass is 223 g/mol. The van der Waals surface area contributed by atoms with Gasteiger partial charge in [-0.3, -0.25) is 0 Å². The van der Waals surface area contributed by atoms with E-state index in [1.807, 2.05) is 0 Å². The molecule has 5 atom stereocenters. The van der Waals surface area contributed by atoms with Gasteiger partial charge in [0.2, 0.25) is 0 Å². The smallest absolute Gasteiger partial charge is 0.00948 e. The Hall–Kier alpha value is -0.0400. The molecule has 1 heteroatoms. The summed E-state index contributed by atoms with van der Waals surface area (Å²) in [5, 5.41) is 3.57. The molecule has 1 nitrogen and oxygen atoms in total. The van der Waals surface area contributed by atoms with Gasteiger partial charge in [0.25, 0.3) is 0 Å². The summed E-state index contributed by atoms with van der Waals surface area (Å²) >= 11 is 0. The van der Waals surface area contributed by atoms with E-state index in [0.29, 0.717) is 0 Å². The number of hydrogen-bond acceptors (Lipinski definition) is 1. The number of nitrogens with one attached hydrogen (secondary N) is 1. The van der Waals surface area contributed by atoms with Crippen LogP contribution in [0.15, 0.2) is 0 Å². The summed E-state index contributed by atoms with van der Waals surface area (Å²) in [6.07, 6.45) is 7.58. The van der Waals surface area contributed by atoms with Crippen molar-refractivity contribution in [1.82, 2.24) is 5.32 Å². The zero-order chi connectivity index (χ0) is 11.7. The van der Waals surface area contributed by atoms with Crippen molar-refractivity contribution < 1.29 is 0 Å². The lowest BCUT2D eigenvalue weighted by Gasteiger charge is -2.32. The molecule has 5 unspecified atom stereocenters. The molecule has 2 rings (SSSR count). The Morgan fingerprint density at radius 2 is 1.88 bits per heavy atom. The fourth-order valence-electron chi connectivity index (χ4n) is 4.05. The van der Waals surface area contributed by atoms with Gasteiger partial charge in [-0.15, -0.1) is 0 Å². The molecule has 0 saturated heterocycles. The molecule has 1 N–H and O–H groups in total. The van der Waals surface area contributed by atoms with Crippen LogP contribution in [0.3, 0.4) is 0 Å². The normalized spacial score (nSPS) is 36.9. The summed E-state index contributed by atoms with van der Waals surface area (Å²) in [5.41, 5.74) is 0. The zero-order valence-corrected chi connectivity index (χ0v) is 11.5. The van der Waals surface area contributed by atoms with E-state index in [2.05, 4.69) is 33.1 Å². The molecule has 0 aromatic rings. The Labute approximate surface area is 101 Å². The molecule has 16 heavy (non-hydrogen) atoms. The Balaban J connectivity index is 1.87. The minimum absolute atomic E-state index is 0.740. The number of fused-ring (bicyclic) bond motifs is 2. The lowest BCUT2D eigenvalue weighted by atomic mass is 9.79. The van der Waals surface area contributed by atoms with Crippen LogP contribution in [0.1, 0.15) is 52.9 Å². The number of hydrogen-bond donors (Lipinski definition) is 1. The first kappa shape index (κ1) is 12.4. The van der Waals surface area contributed by atoms with Crippen LogP contribution in [0.2, 0.25) is 0 Å². The molecule has 2 fully saturated rings. The maximum atomic E-state index is 3.57. The van der Waals surface area contributed by atoms with Crippen molar-refractivity contribution in [1.29, 1.82) is 0 Å². The van der Waals surface area contributed by atoms with Crippen LogP contribution in [0.5, 0.6) is 0 Å². The summed E-state index contributed by atoms with van der Waals surface area (Å²) in [5.74, 6) is 4.83. The fraction of sp³-hybridized carbons (Fsp3) is 1.00. The van der Waals surface area contributed by atoms with Crippen molar-refractivity contribution in [3.05, 3.63) is 0 Å². The van der Waals surface area contributed by atoms with Crippen LogP contribution in [-0.4, -0.2) is 13.1 Å². The second-order valence-corrected chi connectivity index (χ2v) is 6.67. The van der Waals surface area contributed by atoms with Gasteiger partial charge in [-0.05, 0) is 62.3 Å². The minimum Gasteiger partial charge on any atom is -0.317 e. The van der Waals surface area contributed by atoms with Gasteiger partial charge in [0.1, 0.15) is 0 Å². The molecule has 2 aliphatic rings. The standard InChI is InChI=1S/C15H29N/c1-10(2)11(3)15(16-4)9-14-8-12-5-6-13(14)7-12/h10-16H,5-9H2,1-4H3. The predicted molar refractivity (Wildman–Crippen MR) is 70.4 cm³/mol. The largest absolute Gasteiger partial charge is 0.317 e. The molecule has 0 aromatic carbocycles. The first-order valence-electron chi connectivity index (χ1n) is 7.29. The van der Waals surface area contributed by atoms with Crippen LogP contribution < -0.4 is 5.32 Å². The van der Waals surface area contributed by atoms with Gasteiger partial charge in [-0.1, -0.05) is 27.2 Å². The fourth-order valence-corrected chi connectivity index (χ4v) is 4.05. The van der Waals surface area contributed by atoms with Gasteiger partial charge in [-0.25, -0.2) is 0 Å². The average molecular weight is 223 g/mol. The van der Waals surface area contributed by atoms with E-state index in [4.69, 9.17) is 0 Å². The molecule has 2 saturated carbocycles. The average Bonchev–Trinajstić information content (AvgIpc) is 2.86. The highest BCUT2D eigenvalue weighted by molar-refractivity contribution is 4.92. The molecule has 0 heterocycles. The Kier molecular flexibility index (Phi) is 3.94. The predicted octanol–water partition coefficient (Wildman–Crippen LogP) is 3.69. The lowest BCUT2D eigenvalue weighted by Crippen LogP contribution is -2.37. The first-order valence-corrected chi connectivity index (χ1v) is 7.29. The topological polar surface area (TPSA) is 12.0 Å². The summed E-state index contributed by atoms with van der Waals surface area (Å²) in [7, 11) is 2.15. The summed E-state index contributed by atoms with van der Waals surface area (Å²) in [6.45, 7) is 7.13. The Morgan fingerprint density at radius 3 is 2.31 bits per heavy atom. The van der Waals surface area contributed by atoms with Gasteiger partial charge in [0.05, 0.1) is 0 Å². The maximum Gasteiger partial charge on any atom is 0.00948 e. The second kappa shape index (κ2) is 5.08. The summed E-state index contributed by atoms with van der Waals surface area (Å²) < 4.78 is 0. The van der Waals surface area contributed by atoms with E-state index >= 15 is 0 Å². The van der Waals surface area contributed by atoms with Crippen molar-refractivity contribution in [2.75, 3.05) is 7.05 Å². The highest BCUT2D eigenvalue weighted by atomic mass is 14.9. The molecule has 2 bridgehead atoms. The van der Waals surface area contributed by atoms with E-state index in [-0.39, 0.29) is 0 Å². The maximum absolute atomic E-state index is 3.57. The third kappa shape index (κ3) is 2.45. The molecule has 0 amide bonds. The van der Waals surface area contributed by atoms with E-state index in [9.17, 15) is 0 Å². The van der Waals surface area contributed by atoms with E-state index in [0.717, 1.165) is 35.6 Å². The van der Waals surface area contributed by atoms with Crippen LogP contribution in [0.4, 0.5) is 0 Å². The van der Waals surface area contributed by atoms with E-state index in [1.165, 1.54) is 25.7 Å². The van der Waals surface area contributed by atoms with Gasteiger partial charge in [0.15, 0.2) is 0 Å². The third-order valence-corrected chi connectivity index (χ3v) is 5.50. The first-order chi connectivity index (χ1) is 7.61. The van der Waals surface area contributed by atoms with E-state index < -0.39 is 0 Å². The van der Waals surface area contributed by atoms with Crippen molar-refractivity contribution >= 4 is 0 Å². The van der Waals surface area contributed by atoms with Crippen LogP contribution in [0.25, 0.3) is 0 Å². The van der Waals surface area contributed by atoms with Gasteiger partial charge in [-0.2, -0.15) is 0 Å². The quantitative estimate of drug-likeness (QED) is 0.749. The highest BCUT2D eigenvalue weighted by Crippen LogP contribution is 2.50. The molecule has 0 aliphatic heterocycles. The van der Waals surface area contributed by atoms with Crippen molar-refractivity contribution in [2.24, 2.45) is 29.6 Å². The Morgan fingerprint density at radius 1 is 1.12 bits per heavy atom. The SMILES string of the molecule is CNC(CC1CC2CCC1C2)C(C)C(C)C.